The molecule has 1 aromatic rings. The Hall–Kier alpha value is -0.940. The third kappa shape index (κ3) is 4.01. The lowest BCUT2D eigenvalue weighted by atomic mass is 10.1. The molecule has 2 unspecified atom stereocenters. The molecule has 4 heteroatoms. The van der Waals surface area contributed by atoms with Gasteiger partial charge in [-0.2, -0.15) is 0 Å². The molecule has 2 atom stereocenters. The van der Waals surface area contributed by atoms with E-state index in [-0.39, 0.29) is 12.1 Å². The van der Waals surface area contributed by atoms with Gasteiger partial charge in [0.25, 0.3) is 0 Å². The number of rotatable bonds is 5. The molecule has 4 nitrogen and oxygen atoms in total. The van der Waals surface area contributed by atoms with Crippen molar-refractivity contribution in [1.82, 2.24) is 4.90 Å². The molecule has 1 aliphatic heterocycles. The first kappa shape index (κ1) is 14.5. The SMILES string of the molecule is COCc1ccccc1CN1CCOC(C(C)N)C1. The second kappa shape index (κ2) is 7.01. The summed E-state index contributed by atoms with van der Waals surface area (Å²) in [6.07, 6.45) is 0.142. The molecule has 0 amide bonds. The first-order valence-electron chi connectivity index (χ1n) is 6.86. The lowest BCUT2D eigenvalue weighted by Gasteiger charge is -2.35. The molecule has 1 saturated heterocycles. The quantitative estimate of drug-likeness (QED) is 0.873. The number of morpholine rings is 1. The van der Waals surface area contributed by atoms with Gasteiger partial charge in [-0.3, -0.25) is 4.90 Å². The molecule has 106 valence electrons. The normalized spacial score (nSPS) is 22.4. The van der Waals surface area contributed by atoms with Gasteiger partial charge in [0, 0.05) is 32.8 Å². The second-order valence-corrected chi connectivity index (χ2v) is 5.21. The van der Waals surface area contributed by atoms with E-state index in [1.54, 1.807) is 7.11 Å². The Bertz CT molecular complexity index is 395. The fourth-order valence-corrected chi connectivity index (χ4v) is 2.44. The molecule has 1 fully saturated rings. The van der Waals surface area contributed by atoms with Crippen LogP contribution in [-0.4, -0.2) is 43.9 Å². The molecule has 19 heavy (non-hydrogen) atoms. The van der Waals surface area contributed by atoms with Crippen LogP contribution in [0.3, 0.4) is 0 Å². The van der Waals surface area contributed by atoms with Crippen LogP contribution in [0.4, 0.5) is 0 Å². The summed E-state index contributed by atoms with van der Waals surface area (Å²) in [4.78, 5) is 2.41. The highest BCUT2D eigenvalue weighted by molar-refractivity contribution is 5.26. The zero-order valence-electron chi connectivity index (χ0n) is 11.8. The summed E-state index contributed by atoms with van der Waals surface area (Å²) in [5.41, 5.74) is 8.52. The summed E-state index contributed by atoms with van der Waals surface area (Å²) in [6, 6.07) is 8.52. The predicted molar refractivity (Wildman–Crippen MR) is 75.8 cm³/mol. The maximum Gasteiger partial charge on any atom is 0.0850 e. The van der Waals surface area contributed by atoms with Crippen LogP contribution in [0.5, 0.6) is 0 Å². The van der Waals surface area contributed by atoms with E-state index in [1.165, 1.54) is 11.1 Å². The summed E-state index contributed by atoms with van der Waals surface area (Å²) in [7, 11) is 1.73. The molecule has 0 spiro atoms. The fraction of sp³-hybridized carbons (Fsp3) is 0.600. The van der Waals surface area contributed by atoms with Crippen molar-refractivity contribution >= 4 is 0 Å². The number of nitrogens with two attached hydrogens (primary N) is 1. The van der Waals surface area contributed by atoms with E-state index < -0.39 is 0 Å². The van der Waals surface area contributed by atoms with E-state index >= 15 is 0 Å². The van der Waals surface area contributed by atoms with Crippen LogP contribution in [0, 0.1) is 0 Å². The highest BCUT2D eigenvalue weighted by Gasteiger charge is 2.23. The number of hydrogen-bond donors (Lipinski definition) is 1. The minimum atomic E-state index is 0.0806. The first-order chi connectivity index (χ1) is 9.20. The molecular weight excluding hydrogens is 240 g/mol. The Kier molecular flexibility index (Phi) is 5.34. The van der Waals surface area contributed by atoms with Crippen molar-refractivity contribution in [2.45, 2.75) is 32.2 Å². The maximum absolute atomic E-state index is 5.93. The average Bonchev–Trinajstić information content (AvgIpc) is 2.41. The van der Waals surface area contributed by atoms with Crippen LogP contribution in [-0.2, 0) is 22.6 Å². The zero-order chi connectivity index (χ0) is 13.7. The van der Waals surface area contributed by atoms with Gasteiger partial charge in [0.15, 0.2) is 0 Å². The zero-order valence-corrected chi connectivity index (χ0v) is 11.8. The highest BCUT2D eigenvalue weighted by atomic mass is 16.5. The Morgan fingerprint density at radius 1 is 1.42 bits per heavy atom. The largest absolute Gasteiger partial charge is 0.380 e. The van der Waals surface area contributed by atoms with Crippen molar-refractivity contribution in [3.05, 3.63) is 35.4 Å². The van der Waals surface area contributed by atoms with E-state index in [0.29, 0.717) is 6.61 Å². The van der Waals surface area contributed by atoms with Crippen LogP contribution in [0.15, 0.2) is 24.3 Å². The Labute approximate surface area is 115 Å². The smallest absolute Gasteiger partial charge is 0.0850 e. The van der Waals surface area contributed by atoms with E-state index in [4.69, 9.17) is 15.2 Å². The number of benzene rings is 1. The average molecular weight is 264 g/mol. The first-order valence-corrected chi connectivity index (χ1v) is 6.86. The Balaban J connectivity index is 2.00. The third-order valence-electron chi connectivity index (χ3n) is 3.58. The van der Waals surface area contributed by atoms with Gasteiger partial charge < -0.3 is 15.2 Å². The maximum atomic E-state index is 5.93. The molecular formula is C15H24N2O2. The summed E-state index contributed by atoms with van der Waals surface area (Å²) in [6.45, 7) is 6.23. The lowest BCUT2D eigenvalue weighted by molar-refractivity contribution is -0.0405. The van der Waals surface area contributed by atoms with Crippen LogP contribution >= 0.6 is 0 Å². The molecule has 2 rings (SSSR count). The van der Waals surface area contributed by atoms with Gasteiger partial charge in [0.2, 0.25) is 0 Å². The highest BCUT2D eigenvalue weighted by Crippen LogP contribution is 2.16. The van der Waals surface area contributed by atoms with Gasteiger partial charge >= 0.3 is 0 Å². The monoisotopic (exact) mass is 264 g/mol. The van der Waals surface area contributed by atoms with Crippen molar-refractivity contribution in [1.29, 1.82) is 0 Å². The van der Waals surface area contributed by atoms with Crippen molar-refractivity contribution in [2.75, 3.05) is 26.8 Å². The van der Waals surface area contributed by atoms with Crippen molar-refractivity contribution in [2.24, 2.45) is 5.73 Å². The summed E-state index contributed by atoms with van der Waals surface area (Å²) in [5, 5.41) is 0. The summed E-state index contributed by atoms with van der Waals surface area (Å²) >= 11 is 0. The number of ether oxygens (including phenoxy) is 2. The van der Waals surface area contributed by atoms with Crippen molar-refractivity contribution in [3.8, 4) is 0 Å². The Morgan fingerprint density at radius 3 is 2.84 bits per heavy atom. The third-order valence-corrected chi connectivity index (χ3v) is 3.58. The molecule has 1 aliphatic rings. The van der Waals surface area contributed by atoms with Crippen molar-refractivity contribution in [3.63, 3.8) is 0 Å². The topological polar surface area (TPSA) is 47.7 Å². The van der Waals surface area contributed by atoms with E-state index in [2.05, 4.69) is 29.2 Å². The minimum absolute atomic E-state index is 0.0806. The standard InChI is InChI=1S/C15H24N2O2/c1-12(16)15-10-17(7-8-19-15)9-13-5-3-4-6-14(13)11-18-2/h3-6,12,15H,7-11,16H2,1-2H3. The second-order valence-electron chi connectivity index (χ2n) is 5.21. The molecule has 0 radical (unpaired) electrons. The molecule has 1 heterocycles. The number of nitrogens with zero attached hydrogens (tertiary/aromatic N) is 1. The fourth-order valence-electron chi connectivity index (χ4n) is 2.44. The molecule has 0 aromatic heterocycles. The van der Waals surface area contributed by atoms with Crippen molar-refractivity contribution < 1.29 is 9.47 Å². The summed E-state index contributed by atoms with van der Waals surface area (Å²) in [5.74, 6) is 0. The molecule has 0 bridgehead atoms. The van der Waals surface area contributed by atoms with E-state index in [0.717, 1.165) is 26.2 Å². The van der Waals surface area contributed by atoms with Crippen LogP contribution < -0.4 is 5.73 Å². The Morgan fingerprint density at radius 2 is 2.16 bits per heavy atom. The van der Waals surface area contributed by atoms with E-state index in [1.807, 2.05) is 6.92 Å². The molecule has 1 aromatic carbocycles. The van der Waals surface area contributed by atoms with Gasteiger partial charge in [0.1, 0.15) is 0 Å². The molecule has 0 aliphatic carbocycles. The number of hydrogen-bond acceptors (Lipinski definition) is 4. The predicted octanol–water partition coefficient (Wildman–Crippen LogP) is 1.38. The van der Waals surface area contributed by atoms with Crippen LogP contribution in [0.25, 0.3) is 0 Å². The van der Waals surface area contributed by atoms with E-state index in [9.17, 15) is 0 Å². The van der Waals surface area contributed by atoms with Gasteiger partial charge in [-0.05, 0) is 18.1 Å². The minimum Gasteiger partial charge on any atom is -0.380 e. The van der Waals surface area contributed by atoms with Crippen LogP contribution in [0.2, 0.25) is 0 Å². The summed E-state index contributed by atoms with van der Waals surface area (Å²) < 4.78 is 10.9. The molecule has 2 N–H and O–H groups in total. The molecule has 0 saturated carbocycles. The van der Waals surface area contributed by atoms with Gasteiger partial charge in [-0.15, -0.1) is 0 Å². The van der Waals surface area contributed by atoms with Gasteiger partial charge in [0.05, 0.1) is 19.3 Å². The number of methoxy groups -OCH3 is 1. The van der Waals surface area contributed by atoms with Gasteiger partial charge in [-0.25, -0.2) is 0 Å². The van der Waals surface area contributed by atoms with Crippen LogP contribution in [0.1, 0.15) is 18.1 Å². The van der Waals surface area contributed by atoms with Gasteiger partial charge in [-0.1, -0.05) is 24.3 Å². The lowest BCUT2D eigenvalue weighted by Crippen LogP contribution is -2.49.